The van der Waals surface area contributed by atoms with E-state index in [1.54, 1.807) is 13.0 Å². The maximum atomic E-state index is 12.9. The van der Waals surface area contributed by atoms with Crippen LogP contribution in [-0.4, -0.2) is 82.5 Å². The number of halogens is 2. The molecule has 4 aliphatic carbocycles. The molecule has 2 atom stereocenters. The number of hydrogen-bond acceptors (Lipinski definition) is 6. The molecule has 1 spiro atoms. The van der Waals surface area contributed by atoms with E-state index >= 15 is 0 Å². The number of fused-ring (bicyclic) bond motifs is 1. The Balaban J connectivity index is -0.00000140. The molecule has 0 bridgehead atoms. The van der Waals surface area contributed by atoms with Crippen molar-refractivity contribution in [2.75, 3.05) is 32.8 Å². The van der Waals surface area contributed by atoms with E-state index in [2.05, 4.69) is 333 Å². The Morgan fingerprint density at radius 2 is 0.882 bits per heavy atom. The van der Waals surface area contributed by atoms with Gasteiger partial charge in [-0.1, -0.05) is 358 Å². The molecule has 4 saturated carbocycles. The summed E-state index contributed by atoms with van der Waals surface area (Å²) in [6, 6.07) is 66.8. The van der Waals surface area contributed by atoms with Gasteiger partial charge in [-0.25, -0.2) is 4.39 Å². The quantitative estimate of drug-likeness (QED) is 0.0715. The van der Waals surface area contributed by atoms with Gasteiger partial charge in [0.2, 0.25) is 0 Å². The molecule has 0 amide bonds. The Morgan fingerprint density at radius 1 is 0.441 bits per heavy atom. The number of ether oxygens (including phenoxy) is 3. The zero-order chi connectivity index (χ0) is 102. The van der Waals surface area contributed by atoms with Gasteiger partial charge < -0.3 is 28.6 Å². The summed E-state index contributed by atoms with van der Waals surface area (Å²) >= 11 is 5.79. The summed E-state index contributed by atoms with van der Waals surface area (Å²) in [4.78, 5) is 9.44. The highest BCUT2D eigenvalue weighted by atomic mass is 35.5. The van der Waals surface area contributed by atoms with Crippen LogP contribution in [0, 0.1) is 82.2 Å². The highest BCUT2D eigenvalue weighted by molar-refractivity contribution is 6.30. The van der Waals surface area contributed by atoms with E-state index in [0.29, 0.717) is 52.8 Å². The lowest BCUT2D eigenvalue weighted by Crippen LogP contribution is -2.38. The van der Waals surface area contributed by atoms with Crippen LogP contribution in [-0.2, 0) is 22.5 Å². The monoisotopic (exact) mass is 1900 g/mol. The van der Waals surface area contributed by atoms with Gasteiger partial charge in [0.1, 0.15) is 11.6 Å². The molecule has 136 heavy (non-hydrogen) atoms. The van der Waals surface area contributed by atoms with Crippen LogP contribution in [0.1, 0.15) is 423 Å². The first-order chi connectivity index (χ1) is 62.9. The number of para-hydroxylation sites is 1. The zero-order valence-electron chi connectivity index (χ0n) is 93.6. The highest BCUT2D eigenvalue weighted by Crippen LogP contribution is 2.54. The third-order valence-corrected chi connectivity index (χ3v) is 26.6. The van der Waals surface area contributed by atoms with Crippen LogP contribution in [0.2, 0.25) is 5.02 Å². The van der Waals surface area contributed by atoms with Crippen molar-refractivity contribution in [1.29, 1.82) is 0 Å². The van der Waals surface area contributed by atoms with E-state index in [-0.39, 0.29) is 26.8 Å². The average molecular weight is 1900 g/mol. The summed E-state index contributed by atoms with van der Waals surface area (Å²) in [5.74, 6) is 11.4. The van der Waals surface area contributed by atoms with Gasteiger partial charge in [0.15, 0.2) is 0 Å². The number of nitrogens with zero attached hydrogens (tertiary/aromatic N) is 4. The minimum atomic E-state index is -0.101. The van der Waals surface area contributed by atoms with Crippen molar-refractivity contribution >= 4 is 11.6 Å². The number of pyridine rings is 1. The lowest BCUT2D eigenvalue weighted by molar-refractivity contribution is 0.0657. The van der Waals surface area contributed by atoms with Crippen molar-refractivity contribution in [3.63, 3.8) is 0 Å². The smallest absolute Gasteiger partial charge is 0.126 e. The van der Waals surface area contributed by atoms with Crippen LogP contribution >= 0.6 is 11.6 Å². The number of aryl methyl sites for hydroxylation is 1. The molecule has 776 valence electrons. The number of benzene rings is 6. The van der Waals surface area contributed by atoms with E-state index in [1.807, 2.05) is 149 Å². The van der Waals surface area contributed by atoms with Gasteiger partial charge >= 0.3 is 0 Å². The van der Waals surface area contributed by atoms with Gasteiger partial charge in [0.05, 0.1) is 24.9 Å². The fourth-order valence-electron chi connectivity index (χ4n) is 13.4. The Labute approximate surface area is 849 Å². The Hall–Kier alpha value is -6.39. The van der Waals surface area contributed by atoms with Crippen molar-refractivity contribution in [1.82, 2.24) is 19.4 Å². The van der Waals surface area contributed by atoms with E-state index in [0.717, 1.165) is 112 Å². The molecule has 2 aromatic heterocycles. The SMILES string of the molecule is C.C.CC(C)C(C)(C)C.CC(C)C1CC1.CC(C)Cc1ccccc1.CC(C)N1CC2CCCC2C1.CC(C)N1CCC2(CC1)CC2.CC(C)OCC1CC1.CC(C)OCc1ccccc1.CC(C)Oc1ccccc1.CC(C)c1cccc(Cl)c1.CC(C)c1ccccc1.CC(C)c1ccccn1.CC(C)n1cccc1.CCC(C)(C)C(C)C.CCC(C)C.Cc1ccc(C(C)C)cc1F. The minimum Gasteiger partial charge on any atom is -0.491 e. The third kappa shape index (κ3) is 69.5. The molecule has 6 aromatic carbocycles. The average Bonchev–Trinajstić information content (AvgIpc) is 1.64. The summed E-state index contributed by atoms with van der Waals surface area (Å²) in [6.45, 7) is 90.5. The zero-order valence-corrected chi connectivity index (χ0v) is 94.3. The van der Waals surface area contributed by atoms with Crippen molar-refractivity contribution < 1.29 is 18.6 Å². The molecule has 0 radical (unpaired) electrons. The molecule has 2 unspecified atom stereocenters. The van der Waals surface area contributed by atoms with Crippen LogP contribution in [0.15, 0.2) is 213 Å². The molecular weight excluding hydrogens is 1680 g/mol. The molecule has 4 heterocycles. The normalized spacial score (nSPS) is 15.3. The van der Waals surface area contributed by atoms with E-state index < -0.39 is 0 Å². The summed E-state index contributed by atoms with van der Waals surface area (Å²) in [6.07, 6.45) is 27.1. The largest absolute Gasteiger partial charge is 0.491 e. The summed E-state index contributed by atoms with van der Waals surface area (Å²) in [5, 5.41) is 0.825. The second-order valence-electron chi connectivity index (χ2n) is 44.8. The topological polar surface area (TPSA) is 52.0 Å². The number of hydrogen-bond donors (Lipinski definition) is 0. The van der Waals surface area contributed by atoms with Crippen molar-refractivity contribution in [2.24, 2.45) is 69.5 Å². The third-order valence-electron chi connectivity index (χ3n) is 26.4. The fraction of sp³-hybridized carbons (Fsp3) is 0.646. The Bertz CT molecular complexity index is 3870. The first kappa shape index (κ1) is 134. The van der Waals surface area contributed by atoms with Gasteiger partial charge in [0.25, 0.3) is 0 Å². The number of piperidine rings is 1. The van der Waals surface area contributed by atoms with Crippen LogP contribution in [0.5, 0.6) is 5.75 Å². The number of aromatic nitrogens is 2. The second-order valence-corrected chi connectivity index (χ2v) is 45.3. The molecule has 7 nitrogen and oxygen atoms in total. The van der Waals surface area contributed by atoms with E-state index in [1.165, 1.54) is 138 Å². The fourth-order valence-corrected chi connectivity index (χ4v) is 13.6. The van der Waals surface area contributed by atoms with Crippen LogP contribution in [0.25, 0.3) is 0 Å². The lowest BCUT2D eigenvalue weighted by atomic mass is 9.79. The van der Waals surface area contributed by atoms with Crippen molar-refractivity contribution in [2.45, 2.75) is 435 Å². The van der Waals surface area contributed by atoms with Crippen LogP contribution in [0.4, 0.5) is 4.39 Å². The van der Waals surface area contributed by atoms with Crippen LogP contribution < -0.4 is 4.74 Å². The second kappa shape index (κ2) is 75.4. The first-order valence-electron chi connectivity index (χ1n) is 53.0. The standard InChI is InChI=1S/C10H13F.2C10H19N.C10H14O.C10H14.C9H11Cl.C9H12O.C9H12.C8H11N.C8H18.C7H11N.C7H14O.C7H16.C6H12.C5H12.2CH4/c1-7(2)9-5-4-8(3)10(11)6-9;1-9(2)11-7-5-10(3-4-10)6-8-11;1-8(2)11-6-9-4-3-5-10(9)7-11;1-9(2)11-8-10-6-4-3-5-7-10;1-9(2)8-10-6-4-3-5-7-10;1-7(2)8-4-3-5-9(10)6-8;1-8(2)10-9-6-4-3-5-7-9;1-8(2)9-6-4-3-5-7-9;1-7(2)8-5-3-4-6-9-8;1-6-8(4,5)7(2)3;1-7(2)8-5-3-4-6-8;1-6(2)8-5-7-3-4-7;1-6(2)7(3,4)5;1-5(2)6-3-4-6;1-4-5(2)3;;/h4-7H,1-3H3;9H,3-8H2,1-2H3;8-10H,3-7H2,1-2H3;3-7,9H,8H2,1-2H3;3-7,9H,8H2,1-2H3;3-7H,1-2H3;3-8H,1-2H3;3-8H,1-2H3;3-7H,1-2H3;7H,6H2,1-5H3;3-7H,1-2H3;6-7H,3-5H2,1-2H3;6H,1-5H3;5-6H,3-4H2,1-2H3;5H,4H2,1-3H3;2*1H4. The molecule has 6 aliphatic rings. The molecule has 14 rings (SSSR count). The summed E-state index contributed by atoms with van der Waals surface area (Å²) < 4.78 is 31.3. The first-order valence-corrected chi connectivity index (χ1v) is 53.4. The van der Waals surface area contributed by atoms with Gasteiger partial charge in [-0.15, -0.1) is 0 Å². The maximum Gasteiger partial charge on any atom is 0.126 e. The Morgan fingerprint density at radius 3 is 1.18 bits per heavy atom. The van der Waals surface area contributed by atoms with Gasteiger partial charge in [-0.3, -0.25) is 4.98 Å². The highest BCUT2D eigenvalue weighted by Gasteiger charge is 2.44. The summed E-state index contributed by atoms with van der Waals surface area (Å²) in [7, 11) is 0. The van der Waals surface area contributed by atoms with Crippen LogP contribution in [0.3, 0.4) is 0 Å². The number of likely N-dealkylation sites (tertiary alicyclic amines) is 2. The van der Waals surface area contributed by atoms with Crippen molar-refractivity contribution in [3.05, 3.63) is 263 Å². The molecule has 8 aromatic rings. The maximum absolute atomic E-state index is 12.9. The molecule has 2 saturated heterocycles. The minimum absolute atomic E-state index is 0. The predicted octanol–water partition coefficient (Wildman–Crippen LogP) is 39.1. The van der Waals surface area contributed by atoms with Crippen molar-refractivity contribution in [3.8, 4) is 5.75 Å². The predicted molar refractivity (Wildman–Crippen MR) is 606 cm³/mol. The molecule has 9 heteroatoms. The molecule has 0 N–H and O–H groups in total. The van der Waals surface area contributed by atoms with E-state index in [4.69, 9.17) is 25.8 Å². The molecular formula is C127H216ClFN4O3. The number of rotatable bonds is 21. The summed E-state index contributed by atoms with van der Waals surface area (Å²) in [5.41, 5.74) is 10.2. The Kier molecular flexibility index (Phi) is 74.2. The van der Waals surface area contributed by atoms with Gasteiger partial charge in [-0.2, -0.15) is 0 Å². The van der Waals surface area contributed by atoms with Gasteiger partial charge in [-0.05, 0) is 355 Å². The van der Waals surface area contributed by atoms with E-state index in [9.17, 15) is 4.39 Å². The van der Waals surface area contributed by atoms with Gasteiger partial charge in [0, 0.05) is 67.1 Å². The lowest BCUT2D eigenvalue weighted by Gasteiger charge is -2.34. The molecule has 6 fully saturated rings. The molecule has 2 aliphatic heterocycles.